The van der Waals surface area contributed by atoms with E-state index in [1.54, 1.807) is 11.3 Å². The van der Waals surface area contributed by atoms with Crippen molar-refractivity contribution in [2.75, 3.05) is 36.5 Å². The minimum Gasteiger partial charge on any atom is -0.392 e. The first-order valence-corrected chi connectivity index (χ1v) is 13.2. The van der Waals surface area contributed by atoms with E-state index < -0.39 is 6.10 Å². The molecular weight excluding hydrogens is 414 g/mol. The lowest BCUT2D eigenvalue weighted by molar-refractivity contribution is -0.144. The zero-order chi connectivity index (χ0) is 21.5. The maximum atomic E-state index is 13.1. The molecule has 2 fully saturated rings. The highest BCUT2D eigenvalue weighted by Crippen LogP contribution is 2.57. The number of thioether (sulfide) groups is 1. The second-order valence-corrected chi connectivity index (χ2v) is 11.9. The summed E-state index contributed by atoms with van der Waals surface area (Å²) < 4.78 is 0. The molecule has 0 spiro atoms. The van der Waals surface area contributed by atoms with Gasteiger partial charge in [-0.05, 0) is 36.5 Å². The summed E-state index contributed by atoms with van der Waals surface area (Å²) in [5.74, 6) is 2.53. The van der Waals surface area contributed by atoms with E-state index in [1.165, 1.54) is 4.88 Å². The molecule has 0 aromatic carbocycles. The summed E-state index contributed by atoms with van der Waals surface area (Å²) in [6.07, 6.45) is 4.34. The predicted molar refractivity (Wildman–Crippen MR) is 126 cm³/mol. The van der Waals surface area contributed by atoms with Crippen molar-refractivity contribution in [2.24, 2.45) is 23.2 Å². The van der Waals surface area contributed by atoms with Crippen molar-refractivity contribution in [3.05, 3.63) is 23.2 Å². The Kier molecular flexibility index (Phi) is 6.52. The Hall–Kier alpha value is -1.05. The summed E-state index contributed by atoms with van der Waals surface area (Å²) >= 11 is 3.67. The van der Waals surface area contributed by atoms with Crippen LogP contribution in [0.1, 0.15) is 50.1 Å². The van der Waals surface area contributed by atoms with Gasteiger partial charge in [0.25, 0.3) is 0 Å². The summed E-state index contributed by atoms with van der Waals surface area (Å²) in [5, 5.41) is 15.8. The van der Waals surface area contributed by atoms with E-state index in [0.29, 0.717) is 6.54 Å². The molecule has 2 heterocycles. The fourth-order valence-electron chi connectivity index (χ4n) is 6.04. The average Bonchev–Trinajstić information content (AvgIpc) is 3.14. The monoisotopic (exact) mass is 449 g/mol. The molecule has 2 aliphatic carbocycles. The van der Waals surface area contributed by atoms with Gasteiger partial charge in [0.05, 0.1) is 11.8 Å². The molecule has 7 heteroatoms. The van der Waals surface area contributed by atoms with Crippen molar-refractivity contribution in [2.45, 2.75) is 52.1 Å². The number of anilines is 1. The van der Waals surface area contributed by atoms with Crippen LogP contribution in [0.3, 0.4) is 0 Å². The lowest BCUT2D eigenvalue weighted by atomic mass is 9.53. The third-order valence-corrected chi connectivity index (χ3v) is 9.65. The highest BCUT2D eigenvalue weighted by molar-refractivity contribution is 7.99. The van der Waals surface area contributed by atoms with Crippen LogP contribution in [-0.2, 0) is 11.2 Å². The topological polar surface area (TPSA) is 65.5 Å². The Bertz CT molecular complexity index is 791. The number of nitrogens with one attached hydrogen (secondary N) is 1. The van der Waals surface area contributed by atoms with Gasteiger partial charge >= 0.3 is 0 Å². The van der Waals surface area contributed by atoms with Gasteiger partial charge in [-0.3, -0.25) is 4.79 Å². The van der Waals surface area contributed by atoms with Crippen LogP contribution in [0.5, 0.6) is 0 Å². The Balaban J connectivity index is 1.54. The summed E-state index contributed by atoms with van der Waals surface area (Å²) in [5.41, 5.74) is 1.20. The summed E-state index contributed by atoms with van der Waals surface area (Å²) in [7, 11) is 0. The smallest absolute Gasteiger partial charge is 0.225 e. The normalized spacial score (nSPS) is 34.6. The molecule has 2 N–H and O–H groups in total. The van der Waals surface area contributed by atoms with Crippen molar-refractivity contribution in [1.29, 1.82) is 0 Å². The molecule has 1 aromatic heterocycles. The predicted octanol–water partition coefficient (Wildman–Crippen LogP) is 4.01. The quantitative estimate of drug-likeness (QED) is 0.665. The van der Waals surface area contributed by atoms with Gasteiger partial charge in [0, 0.05) is 47.9 Å². The highest BCUT2D eigenvalue weighted by atomic mass is 32.2. The average molecular weight is 450 g/mol. The molecule has 0 radical (unpaired) electrons. The van der Waals surface area contributed by atoms with Crippen LogP contribution in [0.2, 0.25) is 0 Å². The number of carbonyl (C=O) groups excluding carboxylic acids is 1. The van der Waals surface area contributed by atoms with Crippen LogP contribution in [0.25, 0.3) is 0 Å². The number of nitrogens with zero attached hydrogens (tertiary/aromatic N) is 2. The first kappa shape index (κ1) is 22.2. The van der Waals surface area contributed by atoms with Crippen molar-refractivity contribution in [3.63, 3.8) is 0 Å². The maximum absolute atomic E-state index is 13.1. The lowest BCUT2D eigenvalue weighted by Gasteiger charge is -2.53. The van der Waals surface area contributed by atoms with Crippen molar-refractivity contribution in [3.8, 4) is 0 Å². The SMILES string of the molecule is C=CCNc1nc2c(s1)C[C@]1(C)CCC([C@H](C)C(=O)N3CCSCC3)[C@H](O)[C@H]1[C@@H]2C. The van der Waals surface area contributed by atoms with E-state index in [9.17, 15) is 9.90 Å². The molecule has 5 nitrogen and oxygen atoms in total. The third kappa shape index (κ3) is 3.93. The molecule has 1 aliphatic heterocycles. The zero-order valence-corrected chi connectivity index (χ0v) is 20.0. The third-order valence-electron chi connectivity index (χ3n) is 7.67. The van der Waals surface area contributed by atoms with Crippen molar-refractivity contribution < 1.29 is 9.90 Å². The molecule has 0 bridgehead atoms. The molecule has 6 atom stereocenters. The molecule has 1 amide bonds. The minimum absolute atomic E-state index is 0.0335. The number of aliphatic hydroxyl groups excluding tert-OH is 1. The number of amides is 1. The van der Waals surface area contributed by atoms with Crippen LogP contribution in [0.15, 0.2) is 12.7 Å². The largest absolute Gasteiger partial charge is 0.392 e. The Labute approximate surface area is 188 Å². The summed E-state index contributed by atoms with van der Waals surface area (Å²) in [6.45, 7) is 12.8. The fourth-order valence-corrected chi connectivity index (χ4v) is 8.21. The summed E-state index contributed by atoms with van der Waals surface area (Å²) in [4.78, 5) is 21.4. The van der Waals surface area contributed by atoms with Crippen molar-refractivity contribution >= 4 is 34.1 Å². The number of aromatic nitrogens is 1. The standard InChI is InChI=1S/C23H35N3O2S2/c1-5-8-24-22-25-19-15(3)18-20(27)16(6-7-23(18,4)13-17(19)30-22)14(2)21(28)26-9-11-29-12-10-26/h5,14-16,18,20,27H,1,6-13H2,2-4H3,(H,24,25)/t14-,15-,16?,18+,20-,23-/m0/s1. The fraction of sp³-hybridized carbons (Fsp3) is 0.739. The van der Waals surface area contributed by atoms with E-state index in [-0.39, 0.29) is 35.0 Å². The van der Waals surface area contributed by atoms with Gasteiger partial charge in [0.15, 0.2) is 5.13 Å². The molecule has 3 aliphatic rings. The van der Waals surface area contributed by atoms with E-state index in [1.807, 2.05) is 29.7 Å². The van der Waals surface area contributed by atoms with Gasteiger partial charge in [-0.15, -0.1) is 17.9 Å². The molecule has 1 unspecified atom stereocenters. The number of carbonyl (C=O) groups is 1. The van der Waals surface area contributed by atoms with E-state index >= 15 is 0 Å². The molecule has 30 heavy (non-hydrogen) atoms. The number of aliphatic hydroxyl groups is 1. The second-order valence-electron chi connectivity index (χ2n) is 9.56. The van der Waals surface area contributed by atoms with E-state index in [0.717, 1.165) is 54.7 Å². The van der Waals surface area contributed by atoms with Crippen LogP contribution in [-0.4, -0.2) is 58.1 Å². The van der Waals surface area contributed by atoms with Gasteiger partial charge in [-0.1, -0.05) is 26.8 Å². The molecule has 1 saturated heterocycles. The highest BCUT2D eigenvalue weighted by Gasteiger charge is 2.54. The minimum atomic E-state index is -0.462. The number of thiazole rings is 1. The first-order chi connectivity index (χ1) is 14.4. The number of hydrogen-bond acceptors (Lipinski definition) is 6. The Morgan fingerprint density at radius 3 is 2.90 bits per heavy atom. The van der Waals surface area contributed by atoms with Gasteiger partial charge in [-0.25, -0.2) is 4.98 Å². The maximum Gasteiger partial charge on any atom is 0.225 e. The molecule has 166 valence electrons. The van der Waals surface area contributed by atoms with Gasteiger partial charge in [-0.2, -0.15) is 11.8 Å². The van der Waals surface area contributed by atoms with Crippen LogP contribution >= 0.6 is 23.1 Å². The molecule has 1 aromatic rings. The van der Waals surface area contributed by atoms with Gasteiger partial charge in [0.2, 0.25) is 5.91 Å². The Morgan fingerprint density at radius 1 is 1.47 bits per heavy atom. The summed E-state index contributed by atoms with van der Waals surface area (Å²) in [6, 6.07) is 0. The second kappa shape index (κ2) is 8.83. The molecule has 1 saturated carbocycles. The zero-order valence-electron chi connectivity index (χ0n) is 18.4. The number of hydrogen-bond donors (Lipinski definition) is 2. The van der Waals surface area contributed by atoms with E-state index in [4.69, 9.17) is 4.98 Å². The van der Waals surface area contributed by atoms with Crippen LogP contribution in [0, 0.1) is 23.2 Å². The lowest BCUT2D eigenvalue weighted by Crippen LogP contribution is -2.54. The Morgan fingerprint density at radius 2 is 2.20 bits per heavy atom. The van der Waals surface area contributed by atoms with Crippen molar-refractivity contribution in [1.82, 2.24) is 9.88 Å². The van der Waals surface area contributed by atoms with Crippen LogP contribution in [0.4, 0.5) is 5.13 Å². The van der Waals surface area contributed by atoms with E-state index in [2.05, 4.69) is 25.7 Å². The van der Waals surface area contributed by atoms with Gasteiger partial charge in [0.1, 0.15) is 0 Å². The van der Waals surface area contributed by atoms with Crippen LogP contribution < -0.4 is 5.32 Å². The number of fused-ring (bicyclic) bond motifs is 2. The van der Waals surface area contributed by atoms with Gasteiger partial charge < -0.3 is 15.3 Å². The molecular formula is C23H35N3O2S2. The number of rotatable bonds is 5. The first-order valence-electron chi connectivity index (χ1n) is 11.2. The molecule has 4 rings (SSSR count).